The molecule has 0 bridgehead atoms. The lowest BCUT2D eigenvalue weighted by Gasteiger charge is -2.25. The molecule has 3 N–H and O–H groups in total. The van der Waals surface area contributed by atoms with Crippen molar-refractivity contribution in [2.45, 2.75) is 373 Å². The topological polar surface area (TPSA) is 105 Å². The molecular formula is C81H150N2O6P+. The minimum absolute atomic E-state index is 0.0603. The van der Waals surface area contributed by atoms with E-state index < -0.39 is 20.0 Å². The molecule has 0 saturated carbocycles. The molecule has 0 aromatic carbocycles. The van der Waals surface area contributed by atoms with Crippen LogP contribution in [0.2, 0.25) is 0 Å². The summed E-state index contributed by atoms with van der Waals surface area (Å²) in [7, 11) is 1.58. The molecule has 0 aromatic rings. The van der Waals surface area contributed by atoms with Crippen molar-refractivity contribution in [3.63, 3.8) is 0 Å². The Hall–Kier alpha value is -2.58. The number of hydrogen-bond acceptors (Lipinski definition) is 5. The van der Waals surface area contributed by atoms with Gasteiger partial charge in [0, 0.05) is 6.42 Å². The highest BCUT2D eigenvalue weighted by Gasteiger charge is 2.28. The van der Waals surface area contributed by atoms with Crippen LogP contribution >= 0.6 is 7.82 Å². The minimum atomic E-state index is -4.36. The van der Waals surface area contributed by atoms with E-state index in [4.69, 9.17) is 9.05 Å². The second kappa shape index (κ2) is 70.7. The zero-order chi connectivity index (χ0) is 65.5. The number of hydrogen-bond donors (Lipinski definition) is 3. The lowest BCUT2D eigenvalue weighted by Crippen LogP contribution is -2.45. The Labute approximate surface area is 559 Å². The number of quaternary nitrogens is 1. The van der Waals surface area contributed by atoms with Crippen LogP contribution in [0.5, 0.6) is 0 Å². The Morgan fingerprint density at radius 3 is 0.978 bits per heavy atom. The van der Waals surface area contributed by atoms with E-state index in [1.54, 1.807) is 6.08 Å². The SMILES string of the molecule is CC/C=C\C/C=C\C/C=C\C/C=C\C/C=C\C/C=C\C/C=C\CCCCCCCCCCCCCCCCCCCC(=O)NC(COP(=O)(O)OCC[N+](C)(C)C)C(O)/C=C/CCCCCCCCCCCCCCCCCCCCCCCCCCCCC. The molecule has 0 heterocycles. The molecule has 0 fully saturated rings. The van der Waals surface area contributed by atoms with E-state index >= 15 is 0 Å². The highest BCUT2D eigenvalue weighted by molar-refractivity contribution is 7.47. The quantitative estimate of drug-likeness (QED) is 0.0243. The molecule has 0 radical (unpaired) electrons. The number of phosphoric ester groups is 1. The van der Waals surface area contributed by atoms with Gasteiger partial charge in [0.2, 0.25) is 5.91 Å². The number of nitrogens with one attached hydrogen (secondary N) is 1. The summed E-state index contributed by atoms with van der Waals surface area (Å²) in [5.74, 6) is -0.173. The van der Waals surface area contributed by atoms with Crippen molar-refractivity contribution in [3.05, 3.63) is 97.2 Å². The molecule has 9 heteroatoms. The lowest BCUT2D eigenvalue weighted by atomic mass is 10.0. The van der Waals surface area contributed by atoms with E-state index in [1.807, 2.05) is 27.2 Å². The molecular weight excluding hydrogens is 1130 g/mol. The number of carbonyl (C=O) groups excluding carboxylic acids is 1. The lowest BCUT2D eigenvalue weighted by molar-refractivity contribution is -0.870. The highest BCUT2D eigenvalue weighted by Crippen LogP contribution is 2.43. The summed E-state index contributed by atoms with van der Waals surface area (Å²) in [5.41, 5.74) is 0. The van der Waals surface area contributed by atoms with Crippen molar-refractivity contribution in [3.8, 4) is 0 Å². The third-order valence-corrected chi connectivity index (χ3v) is 18.3. The summed E-state index contributed by atoms with van der Waals surface area (Å²) in [4.78, 5) is 23.5. The van der Waals surface area contributed by atoms with E-state index in [-0.39, 0.29) is 19.1 Å². The van der Waals surface area contributed by atoms with Crippen molar-refractivity contribution in [1.82, 2.24) is 5.32 Å². The van der Waals surface area contributed by atoms with Gasteiger partial charge < -0.3 is 19.8 Å². The van der Waals surface area contributed by atoms with Crippen LogP contribution in [0, 0.1) is 0 Å². The van der Waals surface area contributed by atoms with Gasteiger partial charge in [-0.05, 0) is 77.0 Å². The molecule has 3 atom stereocenters. The van der Waals surface area contributed by atoms with Gasteiger partial charge in [0.25, 0.3) is 0 Å². The number of carbonyl (C=O) groups is 1. The summed E-state index contributed by atoms with van der Waals surface area (Å²) in [6, 6.07) is -0.852. The molecule has 0 saturated heterocycles. The number of likely N-dealkylation sites (N-methyl/N-ethyl adjacent to an activating group) is 1. The van der Waals surface area contributed by atoms with E-state index in [0.717, 1.165) is 83.5 Å². The van der Waals surface area contributed by atoms with Gasteiger partial charge in [0.05, 0.1) is 39.9 Å². The molecule has 1 amide bonds. The maximum absolute atomic E-state index is 13.1. The summed E-state index contributed by atoms with van der Waals surface area (Å²) in [6.45, 7) is 4.75. The van der Waals surface area contributed by atoms with Crippen LogP contribution in [0.4, 0.5) is 0 Å². The Morgan fingerprint density at radius 2 is 0.667 bits per heavy atom. The average molecular weight is 1280 g/mol. The molecule has 0 spiro atoms. The van der Waals surface area contributed by atoms with E-state index in [1.165, 1.54) is 257 Å². The Balaban J connectivity index is 4.01. The van der Waals surface area contributed by atoms with Crippen molar-refractivity contribution in [1.29, 1.82) is 0 Å². The van der Waals surface area contributed by atoms with Crippen molar-refractivity contribution in [2.75, 3.05) is 40.9 Å². The second-order valence-electron chi connectivity index (χ2n) is 27.4. The predicted octanol–water partition coefficient (Wildman–Crippen LogP) is 25.2. The van der Waals surface area contributed by atoms with Crippen molar-refractivity contribution < 1.29 is 32.9 Å². The van der Waals surface area contributed by atoms with Crippen LogP contribution in [0.3, 0.4) is 0 Å². The monoisotopic (exact) mass is 1280 g/mol. The standard InChI is InChI=1S/C81H149N2O6P/c1-6-8-10-12-14-16-18-20-22-24-26-28-30-32-34-36-37-38-39-40-41-42-43-44-45-47-49-51-53-55-57-59-61-63-65-67-69-71-73-75-81(85)82-79(78-89-90(86,87)88-77-76-83(3,4)5)80(84)74-72-70-68-66-64-62-60-58-56-54-52-50-48-46-35-33-31-29-27-25-23-21-19-17-15-13-11-9-7-2/h8,10,14,16,20,22,26,28,32,34,37-38,40-41,72,74,79-80,84H,6-7,9,11-13,15,17-19,21,23-25,27,29-31,33,35-36,39,42-71,73,75-78H2,1-5H3,(H-,82,85,86,87)/p+1/b10-8-,16-14-,22-20-,28-26-,34-32-,38-37-,41-40-,74-72+. The first-order chi connectivity index (χ1) is 44.0. The highest BCUT2D eigenvalue weighted by atomic mass is 31.2. The fraction of sp³-hybridized carbons (Fsp3) is 0.790. The minimum Gasteiger partial charge on any atom is -0.387 e. The van der Waals surface area contributed by atoms with E-state index in [0.29, 0.717) is 17.4 Å². The van der Waals surface area contributed by atoms with Crippen LogP contribution in [0.1, 0.15) is 361 Å². The molecule has 8 nitrogen and oxygen atoms in total. The fourth-order valence-corrected chi connectivity index (χ4v) is 12.1. The molecule has 3 unspecified atom stereocenters. The van der Waals surface area contributed by atoms with E-state index in [2.05, 4.69) is 104 Å². The maximum atomic E-state index is 13.1. The first-order valence-corrected chi connectivity index (χ1v) is 40.1. The van der Waals surface area contributed by atoms with Gasteiger partial charge in [-0.2, -0.15) is 0 Å². The van der Waals surface area contributed by atoms with Crippen LogP contribution in [-0.4, -0.2) is 73.4 Å². The van der Waals surface area contributed by atoms with Gasteiger partial charge >= 0.3 is 7.82 Å². The number of aliphatic hydroxyl groups excluding tert-OH is 1. The van der Waals surface area contributed by atoms with Gasteiger partial charge in [0.1, 0.15) is 13.2 Å². The molecule has 524 valence electrons. The Kier molecular flexibility index (Phi) is 68.7. The van der Waals surface area contributed by atoms with Gasteiger partial charge in [-0.25, -0.2) is 4.57 Å². The molecule has 0 rings (SSSR count). The van der Waals surface area contributed by atoms with Gasteiger partial charge in [0.15, 0.2) is 0 Å². The maximum Gasteiger partial charge on any atom is 0.472 e. The van der Waals surface area contributed by atoms with Gasteiger partial charge in [-0.15, -0.1) is 0 Å². The van der Waals surface area contributed by atoms with Crippen LogP contribution in [0.25, 0.3) is 0 Å². The number of unbranched alkanes of at least 4 members (excludes halogenated alkanes) is 44. The number of phosphoric acid groups is 1. The number of amides is 1. The average Bonchev–Trinajstić information content (AvgIpc) is 3.72. The van der Waals surface area contributed by atoms with E-state index in [9.17, 15) is 19.4 Å². The molecule has 0 aromatic heterocycles. The van der Waals surface area contributed by atoms with Gasteiger partial charge in [-0.3, -0.25) is 13.8 Å². The van der Waals surface area contributed by atoms with Crippen molar-refractivity contribution >= 4 is 13.7 Å². The first kappa shape index (κ1) is 87.4. The predicted molar refractivity (Wildman–Crippen MR) is 396 cm³/mol. The van der Waals surface area contributed by atoms with Crippen LogP contribution < -0.4 is 5.32 Å². The third kappa shape index (κ3) is 72.8. The summed E-state index contributed by atoms with van der Waals surface area (Å²) < 4.78 is 23.9. The molecule has 90 heavy (non-hydrogen) atoms. The number of aliphatic hydroxyl groups is 1. The first-order valence-electron chi connectivity index (χ1n) is 38.6. The summed E-state index contributed by atoms with van der Waals surface area (Å²) in [5, 5.41) is 14.1. The molecule has 0 aliphatic rings. The van der Waals surface area contributed by atoms with Crippen molar-refractivity contribution in [2.24, 2.45) is 0 Å². The molecule has 0 aliphatic heterocycles. The smallest absolute Gasteiger partial charge is 0.387 e. The third-order valence-electron chi connectivity index (χ3n) is 17.3. The van der Waals surface area contributed by atoms with Crippen LogP contribution in [-0.2, 0) is 18.4 Å². The number of nitrogens with zero attached hydrogens (tertiary/aromatic N) is 1. The zero-order valence-electron chi connectivity index (χ0n) is 60.1. The largest absolute Gasteiger partial charge is 0.472 e. The summed E-state index contributed by atoms with van der Waals surface area (Å²) in [6.07, 6.45) is 103. The Bertz CT molecular complexity index is 1790. The summed E-state index contributed by atoms with van der Waals surface area (Å²) >= 11 is 0. The molecule has 0 aliphatic carbocycles. The zero-order valence-corrected chi connectivity index (χ0v) is 61.0. The fourth-order valence-electron chi connectivity index (χ4n) is 11.4. The second-order valence-corrected chi connectivity index (χ2v) is 28.8. The van der Waals surface area contributed by atoms with Gasteiger partial charge in [-0.1, -0.05) is 374 Å². The number of rotatable bonds is 71. The Morgan fingerprint density at radius 1 is 0.389 bits per heavy atom. The number of allylic oxidation sites excluding steroid dienone is 15. The van der Waals surface area contributed by atoms with Crippen LogP contribution in [0.15, 0.2) is 97.2 Å². The normalized spacial score (nSPS) is 14.1.